The van der Waals surface area contributed by atoms with Crippen LogP contribution in [0.5, 0.6) is 11.5 Å². The molecule has 2 aromatic carbocycles. The standard InChI is InChI=1S/C22H26ClF3N2O/c1-7-28(6)13-27-19-12-17(22(24,25)26)20(10-14(19)2)29-15-8-9-18(23)16(11-15)21(3,4)5/h8-13H,7H2,1-6H3/b27-13+. The molecule has 2 aromatic rings. The number of ether oxygens (including phenoxy) is 1. The molecular formula is C22H26ClF3N2O. The molecule has 2 rings (SSSR count). The Bertz CT molecular complexity index is 902. The Balaban J connectivity index is 2.50. The fourth-order valence-electron chi connectivity index (χ4n) is 2.63. The molecule has 3 nitrogen and oxygen atoms in total. The lowest BCUT2D eigenvalue weighted by atomic mass is 9.87. The van der Waals surface area contributed by atoms with Gasteiger partial charge >= 0.3 is 6.18 Å². The van der Waals surface area contributed by atoms with E-state index in [0.717, 1.165) is 11.6 Å². The van der Waals surface area contributed by atoms with Crippen LogP contribution in [0.2, 0.25) is 5.02 Å². The Labute approximate surface area is 175 Å². The lowest BCUT2D eigenvalue weighted by Gasteiger charge is -2.22. The predicted molar refractivity (Wildman–Crippen MR) is 113 cm³/mol. The second kappa shape index (κ2) is 8.66. The Kier molecular flexibility index (Phi) is 6.89. The van der Waals surface area contributed by atoms with Crippen molar-refractivity contribution in [2.45, 2.75) is 46.2 Å². The average Bonchev–Trinajstić information content (AvgIpc) is 2.60. The molecule has 0 bridgehead atoms. The summed E-state index contributed by atoms with van der Waals surface area (Å²) in [6.07, 6.45) is -3.07. The fourth-order valence-corrected chi connectivity index (χ4v) is 3.03. The van der Waals surface area contributed by atoms with Gasteiger partial charge in [0.1, 0.15) is 17.1 Å². The van der Waals surface area contributed by atoms with Crippen LogP contribution in [0.3, 0.4) is 0 Å². The van der Waals surface area contributed by atoms with Gasteiger partial charge in [0.15, 0.2) is 0 Å². The van der Waals surface area contributed by atoms with Crippen LogP contribution in [0.4, 0.5) is 18.9 Å². The monoisotopic (exact) mass is 426 g/mol. The van der Waals surface area contributed by atoms with Gasteiger partial charge in [0.05, 0.1) is 12.0 Å². The quantitative estimate of drug-likeness (QED) is 0.368. The summed E-state index contributed by atoms with van der Waals surface area (Å²) in [7, 11) is 1.80. The van der Waals surface area contributed by atoms with Gasteiger partial charge in [0.25, 0.3) is 0 Å². The van der Waals surface area contributed by atoms with Crippen molar-refractivity contribution < 1.29 is 17.9 Å². The Morgan fingerprint density at radius 1 is 1.10 bits per heavy atom. The first-order chi connectivity index (χ1) is 13.3. The van der Waals surface area contributed by atoms with Gasteiger partial charge in [-0.05, 0) is 60.7 Å². The Hall–Kier alpha value is -2.21. The molecule has 0 heterocycles. The van der Waals surface area contributed by atoms with Gasteiger partial charge < -0.3 is 9.64 Å². The first-order valence-electron chi connectivity index (χ1n) is 9.27. The number of alkyl halides is 3. The van der Waals surface area contributed by atoms with Gasteiger partial charge in [-0.3, -0.25) is 0 Å². The smallest absolute Gasteiger partial charge is 0.420 e. The van der Waals surface area contributed by atoms with Crippen molar-refractivity contribution in [3.05, 3.63) is 52.0 Å². The summed E-state index contributed by atoms with van der Waals surface area (Å²) in [4.78, 5) is 5.96. The maximum atomic E-state index is 13.7. The number of nitrogens with zero attached hydrogens (tertiary/aromatic N) is 2. The van der Waals surface area contributed by atoms with Crippen molar-refractivity contribution in [3.8, 4) is 11.5 Å². The molecule has 0 unspecified atom stereocenters. The minimum atomic E-state index is -4.58. The van der Waals surface area contributed by atoms with Crippen LogP contribution in [0, 0.1) is 6.92 Å². The van der Waals surface area contributed by atoms with Gasteiger partial charge in [-0.2, -0.15) is 13.2 Å². The highest BCUT2D eigenvalue weighted by Gasteiger charge is 2.35. The number of rotatable bonds is 5. The van der Waals surface area contributed by atoms with Crippen LogP contribution >= 0.6 is 11.6 Å². The van der Waals surface area contributed by atoms with Gasteiger partial charge in [0.2, 0.25) is 0 Å². The summed E-state index contributed by atoms with van der Waals surface area (Å²) in [5.41, 5.74) is 0.478. The van der Waals surface area contributed by atoms with Gasteiger partial charge in [-0.25, -0.2) is 4.99 Å². The third kappa shape index (κ3) is 5.89. The van der Waals surface area contributed by atoms with E-state index in [0.29, 0.717) is 22.9 Å². The SMILES string of the molecule is CCN(C)/C=N/c1cc(C(F)(F)F)c(Oc2ccc(Cl)c(C(C)(C)C)c2)cc1C. The molecule has 0 aliphatic heterocycles. The molecule has 0 fully saturated rings. The van der Waals surface area contributed by atoms with E-state index in [1.165, 1.54) is 12.4 Å². The van der Waals surface area contributed by atoms with Crippen LogP contribution in [0.25, 0.3) is 0 Å². The summed E-state index contributed by atoms with van der Waals surface area (Å²) in [6, 6.07) is 7.27. The van der Waals surface area contributed by atoms with E-state index in [9.17, 15) is 13.2 Å². The largest absolute Gasteiger partial charge is 0.457 e. The molecule has 29 heavy (non-hydrogen) atoms. The van der Waals surface area contributed by atoms with E-state index in [1.807, 2.05) is 27.7 Å². The number of aryl methyl sites for hydroxylation is 1. The summed E-state index contributed by atoms with van der Waals surface area (Å²) in [6.45, 7) is 10.3. The van der Waals surface area contributed by atoms with Crippen LogP contribution < -0.4 is 4.74 Å². The van der Waals surface area contributed by atoms with Crippen LogP contribution in [-0.2, 0) is 11.6 Å². The highest BCUT2D eigenvalue weighted by atomic mass is 35.5. The molecule has 7 heteroatoms. The van der Waals surface area contributed by atoms with E-state index in [-0.39, 0.29) is 16.9 Å². The van der Waals surface area contributed by atoms with Crippen molar-refractivity contribution in [1.82, 2.24) is 4.90 Å². The van der Waals surface area contributed by atoms with E-state index >= 15 is 0 Å². The molecule has 158 valence electrons. The zero-order valence-electron chi connectivity index (χ0n) is 17.5. The van der Waals surface area contributed by atoms with E-state index < -0.39 is 11.7 Å². The first-order valence-corrected chi connectivity index (χ1v) is 9.65. The fraction of sp³-hybridized carbons (Fsp3) is 0.409. The van der Waals surface area contributed by atoms with Crippen LogP contribution in [0.15, 0.2) is 35.3 Å². The van der Waals surface area contributed by atoms with Crippen molar-refractivity contribution in [1.29, 1.82) is 0 Å². The van der Waals surface area contributed by atoms with E-state index in [1.54, 1.807) is 37.1 Å². The van der Waals surface area contributed by atoms with E-state index in [4.69, 9.17) is 16.3 Å². The third-order valence-electron chi connectivity index (χ3n) is 4.47. The molecule has 0 atom stereocenters. The van der Waals surface area contributed by atoms with E-state index in [2.05, 4.69) is 4.99 Å². The molecule has 0 spiro atoms. The van der Waals surface area contributed by atoms with Crippen LogP contribution in [-0.4, -0.2) is 24.8 Å². The summed E-state index contributed by atoms with van der Waals surface area (Å²) in [5, 5.41) is 0.543. The van der Waals surface area contributed by atoms with Crippen molar-refractivity contribution in [2.24, 2.45) is 4.99 Å². The van der Waals surface area contributed by atoms with Crippen molar-refractivity contribution in [3.63, 3.8) is 0 Å². The predicted octanol–water partition coefficient (Wildman–Crippen LogP) is 7.37. The first kappa shape index (κ1) is 23.1. The average molecular weight is 427 g/mol. The maximum Gasteiger partial charge on any atom is 0.420 e. The molecule has 0 N–H and O–H groups in total. The molecular weight excluding hydrogens is 401 g/mol. The normalized spacial score (nSPS) is 12.5. The molecule has 0 aromatic heterocycles. The number of benzene rings is 2. The molecule has 0 aliphatic carbocycles. The van der Waals surface area contributed by atoms with Gasteiger partial charge in [-0.1, -0.05) is 32.4 Å². The Morgan fingerprint density at radius 2 is 1.76 bits per heavy atom. The zero-order chi connectivity index (χ0) is 22.0. The number of hydrogen-bond donors (Lipinski definition) is 0. The second-order valence-corrected chi connectivity index (χ2v) is 8.35. The summed E-state index contributed by atoms with van der Waals surface area (Å²) < 4.78 is 46.8. The minimum absolute atomic E-state index is 0.247. The zero-order valence-corrected chi connectivity index (χ0v) is 18.2. The third-order valence-corrected chi connectivity index (χ3v) is 4.80. The summed E-state index contributed by atoms with van der Waals surface area (Å²) >= 11 is 6.25. The topological polar surface area (TPSA) is 24.8 Å². The lowest BCUT2D eigenvalue weighted by Crippen LogP contribution is -2.14. The molecule has 0 aliphatic rings. The highest BCUT2D eigenvalue weighted by molar-refractivity contribution is 6.31. The van der Waals surface area contributed by atoms with Gasteiger partial charge in [0, 0.05) is 18.6 Å². The van der Waals surface area contributed by atoms with Crippen LogP contribution in [0.1, 0.15) is 44.4 Å². The van der Waals surface area contributed by atoms with Gasteiger partial charge in [-0.15, -0.1) is 0 Å². The number of hydrogen-bond acceptors (Lipinski definition) is 2. The van der Waals surface area contributed by atoms with Crippen molar-refractivity contribution >= 4 is 23.6 Å². The summed E-state index contributed by atoms with van der Waals surface area (Å²) in [5.74, 6) is 0.0335. The minimum Gasteiger partial charge on any atom is -0.457 e. The highest BCUT2D eigenvalue weighted by Crippen LogP contribution is 2.42. The Morgan fingerprint density at radius 3 is 2.31 bits per heavy atom. The molecule has 0 radical (unpaired) electrons. The van der Waals surface area contributed by atoms with Crippen molar-refractivity contribution in [2.75, 3.05) is 13.6 Å². The molecule has 0 saturated heterocycles. The number of halogens is 4. The molecule has 0 saturated carbocycles. The second-order valence-electron chi connectivity index (χ2n) is 7.94. The lowest BCUT2D eigenvalue weighted by molar-refractivity contribution is -0.138. The molecule has 0 amide bonds. The maximum absolute atomic E-state index is 13.7. The number of aliphatic imine (C=N–C) groups is 1.